The van der Waals surface area contributed by atoms with Crippen molar-refractivity contribution in [3.05, 3.63) is 94.5 Å². The summed E-state index contributed by atoms with van der Waals surface area (Å²) >= 11 is 6.13. The minimum atomic E-state index is -4.11. The number of aryl methyl sites for hydroxylation is 2. The number of halogens is 1. The van der Waals surface area contributed by atoms with Crippen molar-refractivity contribution in [3.8, 4) is 0 Å². The highest BCUT2D eigenvalue weighted by atomic mass is 35.5. The van der Waals surface area contributed by atoms with E-state index in [1.165, 1.54) is 17.0 Å². The predicted octanol–water partition coefficient (Wildman–Crippen LogP) is 4.71. The molecule has 0 fully saturated rings. The molecule has 0 aliphatic rings. The Kier molecular flexibility index (Phi) is 9.34. The number of anilines is 1. The van der Waals surface area contributed by atoms with E-state index in [1.54, 1.807) is 57.2 Å². The highest BCUT2D eigenvalue weighted by molar-refractivity contribution is 7.92. The molecule has 1 atom stereocenters. The fourth-order valence-electron chi connectivity index (χ4n) is 4.04. The van der Waals surface area contributed by atoms with Gasteiger partial charge in [-0.05, 0) is 69.2 Å². The fourth-order valence-corrected chi connectivity index (χ4v) is 5.77. The first kappa shape index (κ1) is 28.2. The first-order valence-electron chi connectivity index (χ1n) is 12.0. The zero-order valence-electron chi connectivity index (χ0n) is 21.4. The molecule has 1 N–H and O–H groups in total. The van der Waals surface area contributed by atoms with Crippen molar-refractivity contribution in [1.29, 1.82) is 0 Å². The average Bonchev–Trinajstić information content (AvgIpc) is 2.86. The number of benzene rings is 3. The van der Waals surface area contributed by atoms with Crippen LogP contribution in [0.15, 0.2) is 77.7 Å². The van der Waals surface area contributed by atoms with Gasteiger partial charge in [-0.1, -0.05) is 59.6 Å². The van der Waals surface area contributed by atoms with Gasteiger partial charge >= 0.3 is 0 Å². The van der Waals surface area contributed by atoms with Crippen molar-refractivity contribution in [2.24, 2.45) is 0 Å². The Hall–Kier alpha value is -3.36. The molecule has 37 heavy (non-hydrogen) atoms. The maximum Gasteiger partial charge on any atom is 0.264 e. The summed E-state index contributed by atoms with van der Waals surface area (Å²) in [6.45, 7) is 7.19. The number of nitrogens with one attached hydrogen (secondary N) is 1. The van der Waals surface area contributed by atoms with Crippen LogP contribution in [0.4, 0.5) is 5.69 Å². The molecule has 3 aromatic carbocycles. The molecule has 3 aromatic rings. The third kappa shape index (κ3) is 6.90. The highest BCUT2D eigenvalue weighted by Gasteiger charge is 2.33. The lowest BCUT2D eigenvalue weighted by Gasteiger charge is -2.32. The largest absolute Gasteiger partial charge is 0.355 e. The number of likely N-dealkylation sites (N-methyl/N-ethyl adjacent to an activating group) is 1. The van der Waals surface area contributed by atoms with Crippen LogP contribution in [-0.2, 0) is 26.2 Å². The molecule has 0 saturated heterocycles. The van der Waals surface area contributed by atoms with Gasteiger partial charge in [-0.2, -0.15) is 0 Å². The van der Waals surface area contributed by atoms with Gasteiger partial charge in [0.1, 0.15) is 12.6 Å². The minimum absolute atomic E-state index is 0.0548. The average molecular weight is 542 g/mol. The number of carbonyl (C=O) groups excluding carboxylic acids is 2. The van der Waals surface area contributed by atoms with E-state index < -0.39 is 28.5 Å². The Labute approximate surface area is 224 Å². The molecule has 3 rings (SSSR count). The topological polar surface area (TPSA) is 86.8 Å². The Morgan fingerprint density at radius 2 is 1.68 bits per heavy atom. The lowest BCUT2D eigenvalue weighted by Crippen LogP contribution is -2.51. The van der Waals surface area contributed by atoms with Gasteiger partial charge in [-0.3, -0.25) is 13.9 Å². The number of rotatable bonds is 10. The number of hydrogen-bond donors (Lipinski definition) is 1. The molecule has 0 aliphatic carbocycles. The molecule has 0 bridgehead atoms. The molecule has 0 heterocycles. The zero-order valence-corrected chi connectivity index (χ0v) is 23.0. The van der Waals surface area contributed by atoms with E-state index in [-0.39, 0.29) is 17.3 Å². The summed E-state index contributed by atoms with van der Waals surface area (Å²) in [5.74, 6) is -0.822. The molecule has 2 amide bonds. The summed E-state index contributed by atoms with van der Waals surface area (Å²) in [4.78, 5) is 28.1. The quantitative estimate of drug-likeness (QED) is 0.403. The first-order valence-corrected chi connectivity index (χ1v) is 13.8. The second-order valence-corrected chi connectivity index (χ2v) is 11.1. The van der Waals surface area contributed by atoms with Crippen LogP contribution in [0.25, 0.3) is 0 Å². The summed E-state index contributed by atoms with van der Waals surface area (Å²) in [5.41, 5.74) is 2.79. The van der Waals surface area contributed by atoms with Crippen LogP contribution in [0, 0.1) is 13.8 Å². The van der Waals surface area contributed by atoms with Crippen molar-refractivity contribution < 1.29 is 18.0 Å². The number of nitrogens with zero attached hydrogens (tertiary/aromatic N) is 2. The smallest absolute Gasteiger partial charge is 0.264 e. The van der Waals surface area contributed by atoms with Crippen LogP contribution in [0.2, 0.25) is 5.02 Å². The number of sulfonamides is 1. The third-order valence-electron chi connectivity index (χ3n) is 5.99. The van der Waals surface area contributed by atoms with Gasteiger partial charge in [0.05, 0.1) is 10.6 Å². The second-order valence-electron chi connectivity index (χ2n) is 8.84. The van der Waals surface area contributed by atoms with Gasteiger partial charge < -0.3 is 10.2 Å². The molecule has 9 heteroatoms. The molecule has 7 nitrogen and oxygen atoms in total. The Bertz CT molecular complexity index is 1360. The van der Waals surface area contributed by atoms with E-state index in [4.69, 9.17) is 11.6 Å². The van der Waals surface area contributed by atoms with E-state index in [2.05, 4.69) is 5.32 Å². The van der Waals surface area contributed by atoms with E-state index in [0.717, 1.165) is 15.4 Å². The van der Waals surface area contributed by atoms with Crippen LogP contribution in [0.3, 0.4) is 0 Å². The monoisotopic (exact) mass is 541 g/mol. The van der Waals surface area contributed by atoms with Crippen molar-refractivity contribution in [2.75, 3.05) is 17.4 Å². The number of hydrogen-bond acceptors (Lipinski definition) is 4. The Balaban J connectivity index is 2.05. The molecule has 0 unspecified atom stereocenters. The summed E-state index contributed by atoms with van der Waals surface area (Å²) in [6, 6.07) is 19.6. The molecule has 0 radical (unpaired) electrons. The van der Waals surface area contributed by atoms with Crippen molar-refractivity contribution in [3.63, 3.8) is 0 Å². The normalized spacial score (nSPS) is 12.0. The maximum atomic E-state index is 13.8. The van der Waals surface area contributed by atoms with Crippen molar-refractivity contribution in [1.82, 2.24) is 10.2 Å². The summed E-state index contributed by atoms with van der Waals surface area (Å²) in [7, 11) is -4.11. The molecule has 0 aromatic heterocycles. The summed E-state index contributed by atoms with van der Waals surface area (Å²) in [5, 5.41) is 3.21. The van der Waals surface area contributed by atoms with E-state index >= 15 is 0 Å². The fraction of sp³-hybridized carbons (Fsp3) is 0.286. The molecule has 196 valence electrons. The van der Waals surface area contributed by atoms with Crippen LogP contribution in [0.1, 0.15) is 30.5 Å². The Morgan fingerprint density at radius 3 is 2.30 bits per heavy atom. The second kappa shape index (κ2) is 12.3. The summed E-state index contributed by atoms with van der Waals surface area (Å²) in [6.07, 6.45) is 0. The third-order valence-corrected chi connectivity index (χ3v) is 8.00. The van der Waals surface area contributed by atoms with Gasteiger partial charge in [0, 0.05) is 18.1 Å². The highest BCUT2D eigenvalue weighted by Crippen LogP contribution is 2.29. The summed E-state index contributed by atoms with van der Waals surface area (Å²) < 4.78 is 28.6. The van der Waals surface area contributed by atoms with Crippen LogP contribution < -0.4 is 9.62 Å². The molecular weight excluding hydrogens is 510 g/mol. The SMILES string of the molecule is CCNC(=O)[C@@H](C)N(Cc1cccc(C)c1)C(=O)CN(c1ccc(Cl)cc1C)S(=O)(=O)c1ccccc1. The molecule has 0 spiro atoms. The lowest BCUT2D eigenvalue weighted by atomic mass is 10.1. The van der Waals surface area contributed by atoms with Gasteiger partial charge in [0.2, 0.25) is 11.8 Å². The molecule has 0 aliphatic heterocycles. The van der Waals surface area contributed by atoms with E-state index in [1.807, 2.05) is 31.2 Å². The van der Waals surface area contributed by atoms with E-state index in [9.17, 15) is 18.0 Å². The zero-order chi connectivity index (χ0) is 27.2. The van der Waals surface area contributed by atoms with Crippen LogP contribution >= 0.6 is 11.6 Å². The molecule has 0 saturated carbocycles. The first-order chi connectivity index (χ1) is 17.5. The van der Waals surface area contributed by atoms with Gasteiger partial charge in [0.25, 0.3) is 10.0 Å². The Morgan fingerprint density at radius 1 is 0.973 bits per heavy atom. The van der Waals surface area contributed by atoms with Crippen molar-refractivity contribution in [2.45, 2.75) is 45.2 Å². The van der Waals surface area contributed by atoms with Crippen LogP contribution in [0.5, 0.6) is 0 Å². The lowest BCUT2D eigenvalue weighted by molar-refractivity contribution is -0.139. The van der Waals surface area contributed by atoms with E-state index in [0.29, 0.717) is 22.8 Å². The predicted molar refractivity (Wildman–Crippen MR) is 147 cm³/mol. The standard InChI is InChI=1S/C28H32ClN3O4S/c1-5-30-28(34)22(4)31(18-23-11-9-10-20(2)16-23)27(33)19-32(26-15-14-24(29)17-21(26)3)37(35,36)25-12-7-6-8-13-25/h6-17,22H,5,18-19H2,1-4H3,(H,30,34)/t22-/m1/s1. The number of amides is 2. The van der Waals surface area contributed by atoms with Gasteiger partial charge in [-0.25, -0.2) is 8.42 Å². The number of carbonyl (C=O) groups is 2. The van der Waals surface area contributed by atoms with Gasteiger partial charge in [-0.15, -0.1) is 0 Å². The maximum absolute atomic E-state index is 13.8. The van der Waals surface area contributed by atoms with Crippen LogP contribution in [-0.4, -0.2) is 44.3 Å². The molecular formula is C28H32ClN3O4S. The minimum Gasteiger partial charge on any atom is -0.355 e. The van der Waals surface area contributed by atoms with Crippen molar-refractivity contribution >= 4 is 39.1 Å². The van der Waals surface area contributed by atoms with Gasteiger partial charge in [0.15, 0.2) is 0 Å².